The van der Waals surface area contributed by atoms with Crippen LogP contribution in [0.3, 0.4) is 0 Å². The first-order valence-corrected chi connectivity index (χ1v) is 5.84. The van der Waals surface area contributed by atoms with E-state index in [0.717, 1.165) is 13.0 Å². The maximum Gasteiger partial charge on any atom is 0.128 e. The van der Waals surface area contributed by atoms with Gasteiger partial charge in [0.05, 0.1) is 13.2 Å². The van der Waals surface area contributed by atoms with Crippen LogP contribution in [0.2, 0.25) is 0 Å². The molecule has 16 heavy (non-hydrogen) atoms. The number of hydrogen-bond donors (Lipinski definition) is 0. The maximum absolute atomic E-state index is 13.3. The molecule has 0 bridgehead atoms. The molecule has 2 nitrogen and oxygen atoms in total. The fraction of sp³-hybridized carbons (Fsp3) is 0.538. The fourth-order valence-electron chi connectivity index (χ4n) is 1.91. The van der Waals surface area contributed by atoms with E-state index in [1.807, 2.05) is 6.07 Å². The number of ether oxygens (including phenoxy) is 1. The molecule has 2 rings (SSSR count). The molecule has 1 aliphatic rings. The Bertz CT molecular complexity index is 323. The van der Waals surface area contributed by atoms with Crippen LogP contribution in [0, 0.1) is 5.82 Å². The van der Waals surface area contributed by atoms with E-state index in [1.54, 1.807) is 12.1 Å². The van der Waals surface area contributed by atoms with Gasteiger partial charge in [0.1, 0.15) is 5.82 Å². The van der Waals surface area contributed by atoms with Crippen LogP contribution in [-0.2, 0) is 11.3 Å². The Morgan fingerprint density at radius 1 is 1.31 bits per heavy atom. The summed E-state index contributed by atoms with van der Waals surface area (Å²) in [5.41, 5.74) is 0.623. The second kappa shape index (κ2) is 5.97. The van der Waals surface area contributed by atoms with Gasteiger partial charge in [-0.2, -0.15) is 0 Å². The zero-order chi connectivity index (χ0) is 11.2. The van der Waals surface area contributed by atoms with Crippen LogP contribution < -0.4 is 5.32 Å². The van der Waals surface area contributed by atoms with Gasteiger partial charge < -0.3 is 4.74 Å². The molecule has 3 heteroatoms. The summed E-state index contributed by atoms with van der Waals surface area (Å²) >= 11 is 0. The Morgan fingerprint density at radius 2 is 2.19 bits per heavy atom. The van der Waals surface area contributed by atoms with E-state index in [1.165, 1.54) is 18.9 Å². The predicted molar refractivity (Wildman–Crippen MR) is 60.7 cm³/mol. The number of benzene rings is 1. The zero-order valence-corrected chi connectivity index (χ0v) is 9.36. The second-order valence-electron chi connectivity index (χ2n) is 4.16. The van der Waals surface area contributed by atoms with Crippen LogP contribution in [0.15, 0.2) is 24.3 Å². The van der Waals surface area contributed by atoms with E-state index < -0.39 is 0 Å². The summed E-state index contributed by atoms with van der Waals surface area (Å²) in [6, 6.07) is 7.06. The van der Waals surface area contributed by atoms with Gasteiger partial charge in [-0.25, -0.2) is 9.71 Å². The van der Waals surface area contributed by atoms with E-state index in [4.69, 9.17) is 4.74 Å². The molecule has 1 unspecified atom stereocenters. The number of rotatable bonds is 4. The Hall–Kier alpha value is -0.930. The summed E-state index contributed by atoms with van der Waals surface area (Å²) in [5.74, 6) is -0.192. The highest BCUT2D eigenvalue weighted by Crippen LogP contribution is 2.11. The lowest BCUT2D eigenvalue weighted by atomic mass is 10.1. The monoisotopic (exact) mass is 222 g/mol. The molecule has 0 N–H and O–H groups in total. The highest BCUT2D eigenvalue weighted by atomic mass is 19.1. The van der Waals surface area contributed by atoms with Crippen molar-refractivity contribution in [1.82, 2.24) is 5.32 Å². The number of halogens is 1. The van der Waals surface area contributed by atoms with Gasteiger partial charge in [0.15, 0.2) is 0 Å². The Labute approximate surface area is 95.8 Å². The van der Waals surface area contributed by atoms with Gasteiger partial charge in [0, 0.05) is 18.2 Å². The molecule has 0 spiro atoms. The predicted octanol–water partition coefficient (Wildman–Crippen LogP) is 2.50. The fourth-order valence-corrected chi connectivity index (χ4v) is 1.91. The highest BCUT2D eigenvalue weighted by molar-refractivity contribution is 5.16. The van der Waals surface area contributed by atoms with E-state index in [9.17, 15) is 4.39 Å². The van der Waals surface area contributed by atoms with Crippen LogP contribution in [0.5, 0.6) is 0 Å². The van der Waals surface area contributed by atoms with Crippen molar-refractivity contribution in [2.45, 2.75) is 31.9 Å². The number of nitrogens with zero attached hydrogens (tertiary/aromatic N) is 1. The summed E-state index contributed by atoms with van der Waals surface area (Å²) in [5, 5.41) is 4.46. The van der Waals surface area contributed by atoms with Gasteiger partial charge in [-0.05, 0) is 18.9 Å². The van der Waals surface area contributed by atoms with Crippen molar-refractivity contribution < 1.29 is 9.13 Å². The second-order valence-corrected chi connectivity index (χ2v) is 4.16. The third-order valence-electron chi connectivity index (χ3n) is 2.86. The molecule has 1 radical (unpaired) electrons. The van der Waals surface area contributed by atoms with Crippen molar-refractivity contribution in [3.05, 3.63) is 35.6 Å². The topological polar surface area (TPSA) is 23.3 Å². The molecule has 0 aromatic heterocycles. The molecular weight excluding hydrogens is 205 g/mol. The largest absolute Gasteiger partial charge is 0.375 e. The Balaban J connectivity index is 1.73. The van der Waals surface area contributed by atoms with Crippen molar-refractivity contribution >= 4 is 0 Å². The summed E-state index contributed by atoms with van der Waals surface area (Å²) in [6.45, 7) is 1.92. The van der Waals surface area contributed by atoms with Crippen molar-refractivity contribution in [3.63, 3.8) is 0 Å². The highest BCUT2D eigenvalue weighted by Gasteiger charge is 2.13. The molecule has 1 atom stereocenters. The van der Waals surface area contributed by atoms with Crippen LogP contribution in [0.25, 0.3) is 0 Å². The molecular formula is C13H17FNO. The third-order valence-corrected chi connectivity index (χ3v) is 2.86. The van der Waals surface area contributed by atoms with Gasteiger partial charge in [-0.1, -0.05) is 24.6 Å². The summed E-state index contributed by atoms with van der Waals surface area (Å²) < 4.78 is 18.8. The van der Waals surface area contributed by atoms with Crippen molar-refractivity contribution in [1.29, 1.82) is 0 Å². The minimum atomic E-state index is -0.192. The summed E-state index contributed by atoms with van der Waals surface area (Å²) in [6.07, 6.45) is 3.54. The van der Waals surface area contributed by atoms with Crippen molar-refractivity contribution in [2.75, 3.05) is 13.2 Å². The van der Waals surface area contributed by atoms with Gasteiger partial charge in [0.25, 0.3) is 0 Å². The van der Waals surface area contributed by atoms with Gasteiger partial charge >= 0.3 is 0 Å². The molecule has 1 heterocycles. The first-order chi connectivity index (χ1) is 7.86. The van der Waals surface area contributed by atoms with E-state index in [2.05, 4.69) is 5.32 Å². The molecule has 1 fully saturated rings. The normalized spacial score (nSPS) is 20.9. The molecule has 0 saturated carbocycles. The minimum Gasteiger partial charge on any atom is -0.375 e. The smallest absolute Gasteiger partial charge is 0.128 e. The lowest BCUT2D eigenvalue weighted by molar-refractivity contribution is 0.0881. The van der Waals surface area contributed by atoms with E-state index >= 15 is 0 Å². The molecule has 1 aliphatic heterocycles. The average Bonchev–Trinajstić information content (AvgIpc) is 2.33. The van der Waals surface area contributed by atoms with Gasteiger partial charge in [0.2, 0.25) is 0 Å². The average molecular weight is 222 g/mol. The summed E-state index contributed by atoms with van der Waals surface area (Å²) in [4.78, 5) is 0. The molecule has 0 aliphatic carbocycles. The van der Waals surface area contributed by atoms with Crippen LogP contribution in [0.1, 0.15) is 24.8 Å². The molecule has 1 aromatic carbocycles. The van der Waals surface area contributed by atoms with E-state index in [-0.39, 0.29) is 5.82 Å². The lowest BCUT2D eigenvalue weighted by Crippen LogP contribution is -2.31. The maximum atomic E-state index is 13.3. The van der Waals surface area contributed by atoms with Crippen molar-refractivity contribution in [2.24, 2.45) is 0 Å². The third kappa shape index (κ3) is 3.29. The van der Waals surface area contributed by atoms with Crippen molar-refractivity contribution in [3.8, 4) is 0 Å². The quantitative estimate of drug-likeness (QED) is 0.767. The van der Waals surface area contributed by atoms with Gasteiger partial charge in [-0.3, -0.25) is 0 Å². The standard InChI is InChI=1S/C13H17FNO/c14-13-7-2-1-5-11(13)9-16-10-12-6-3-4-8-15-12/h1-2,5,7,12H,3-4,6,8-10H2. The van der Waals surface area contributed by atoms with Gasteiger partial charge in [-0.15, -0.1) is 0 Å². The minimum absolute atomic E-state index is 0.192. The zero-order valence-electron chi connectivity index (χ0n) is 9.36. The number of piperidine rings is 1. The first kappa shape index (κ1) is 11.6. The van der Waals surface area contributed by atoms with Crippen LogP contribution >= 0.6 is 0 Å². The first-order valence-electron chi connectivity index (χ1n) is 5.84. The van der Waals surface area contributed by atoms with E-state index in [0.29, 0.717) is 24.8 Å². The Kier molecular flexibility index (Phi) is 4.31. The Morgan fingerprint density at radius 3 is 2.94 bits per heavy atom. The molecule has 1 aromatic rings. The lowest BCUT2D eigenvalue weighted by Gasteiger charge is -2.21. The van der Waals surface area contributed by atoms with Crippen LogP contribution in [0.4, 0.5) is 4.39 Å². The number of hydrogen-bond acceptors (Lipinski definition) is 1. The SMILES string of the molecule is Fc1ccccc1COCC1CCCC[N]1. The summed E-state index contributed by atoms with van der Waals surface area (Å²) in [7, 11) is 0. The molecule has 87 valence electrons. The van der Waals surface area contributed by atoms with Crippen LogP contribution in [-0.4, -0.2) is 19.2 Å². The molecule has 1 saturated heterocycles. The molecule has 0 amide bonds.